The van der Waals surface area contributed by atoms with Crippen molar-refractivity contribution < 1.29 is 37.2 Å². The maximum absolute atomic E-state index is 13.4. The van der Waals surface area contributed by atoms with Gasteiger partial charge in [-0.25, -0.2) is 13.2 Å². The summed E-state index contributed by atoms with van der Waals surface area (Å²) >= 11 is 0. The van der Waals surface area contributed by atoms with Crippen LogP contribution in [0.4, 0.5) is 16.2 Å². The summed E-state index contributed by atoms with van der Waals surface area (Å²) in [6.07, 6.45) is 0.904. The number of aliphatic carboxylic acids is 1. The number of carboxylic acid groups (broad SMARTS) is 1. The fraction of sp³-hybridized carbons (Fsp3) is 0.281. The van der Waals surface area contributed by atoms with Crippen LogP contribution >= 0.6 is 0 Å². The van der Waals surface area contributed by atoms with Gasteiger partial charge in [-0.15, -0.1) is 0 Å². The van der Waals surface area contributed by atoms with E-state index < -0.39 is 40.5 Å². The summed E-state index contributed by atoms with van der Waals surface area (Å²) in [5.41, 5.74) is 2.68. The third-order valence-electron chi connectivity index (χ3n) is 7.65. The van der Waals surface area contributed by atoms with Crippen molar-refractivity contribution in [2.45, 2.75) is 49.6 Å². The standard InChI is InChI=1S/C32H34N6O8S/c1-20-9-6-7-12-23(20)33-32(42)34-24-15-14-21(17-27(24)45-2)18-29(39)38-16-8-13-26(38)30-35-28(46-36-30)19-25(31(40)41)37-47(43,44)22-10-4-3-5-11-22/h3-7,9-12,14-15,17,25-26,37H,8,13,16,18-19H2,1-2H3,(H,40,41)(H2,33,34,42). The minimum atomic E-state index is -4.12. The number of methoxy groups -OCH3 is 1. The molecule has 5 rings (SSSR count). The van der Waals surface area contributed by atoms with Gasteiger partial charge in [-0.05, 0) is 61.2 Å². The minimum Gasteiger partial charge on any atom is -0.495 e. The van der Waals surface area contributed by atoms with E-state index in [-0.39, 0.29) is 28.9 Å². The molecule has 2 atom stereocenters. The normalized spacial score (nSPS) is 15.2. The van der Waals surface area contributed by atoms with Gasteiger partial charge in [-0.3, -0.25) is 9.59 Å². The second kappa shape index (κ2) is 14.4. The maximum Gasteiger partial charge on any atom is 0.323 e. The summed E-state index contributed by atoms with van der Waals surface area (Å²) in [4.78, 5) is 43.8. The quantitative estimate of drug-likeness (QED) is 0.173. The topological polar surface area (TPSA) is 193 Å². The van der Waals surface area contributed by atoms with Gasteiger partial charge in [0.1, 0.15) is 11.8 Å². The van der Waals surface area contributed by atoms with E-state index in [1.165, 1.54) is 31.4 Å². The van der Waals surface area contributed by atoms with Gasteiger partial charge in [0, 0.05) is 12.2 Å². The number of likely N-dealkylation sites (tertiary alicyclic amines) is 1. The number of nitrogens with zero attached hydrogens (tertiary/aromatic N) is 3. The molecule has 47 heavy (non-hydrogen) atoms. The molecular formula is C32H34N6O8S. The molecule has 0 bridgehead atoms. The highest BCUT2D eigenvalue weighted by Crippen LogP contribution is 2.32. The van der Waals surface area contributed by atoms with Crippen LogP contribution in [0.1, 0.15) is 41.7 Å². The van der Waals surface area contributed by atoms with Crippen LogP contribution in [0.3, 0.4) is 0 Å². The third kappa shape index (κ3) is 8.12. The van der Waals surface area contributed by atoms with E-state index in [2.05, 4.69) is 25.5 Å². The number of aromatic nitrogens is 2. The van der Waals surface area contributed by atoms with Gasteiger partial charge in [0.25, 0.3) is 0 Å². The molecule has 4 aromatic rings. The summed E-state index contributed by atoms with van der Waals surface area (Å²) < 4.78 is 38.3. The number of aryl methyl sites for hydroxylation is 1. The van der Waals surface area contributed by atoms with E-state index in [9.17, 15) is 27.9 Å². The molecule has 3 aromatic carbocycles. The van der Waals surface area contributed by atoms with E-state index in [1.807, 2.05) is 25.1 Å². The van der Waals surface area contributed by atoms with E-state index in [0.29, 0.717) is 42.1 Å². The van der Waals surface area contributed by atoms with Crippen molar-refractivity contribution >= 4 is 39.3 Å². The molecule has 1 fully saturated rings. The third-order valence-corrected chi connectivity index (χ3v) is 9.13. The van der Waals surface area contributed by atoms with Crippen LogP contribution in [0.25, 0.3) is 0 Å². The molecular weight excluding hydrogens is 628 g/mol. The molecule has 14 nitrogen and oxygen atoms in total. The molecule has 0 saturated carbocycles. The Morgan fingerprint density at radius 2 is 1.77 bits per heavy atom. The monoisotopic (exact) mass is 662 g/mol. The second-order valence-corrected chi connectivity index (χ2v) is 12.6. The molecule has 0 aliphatic carbocycles. The highest BCUT2D eigenvalue weighted by Gasteiger charge is 2.34. The van der Waals surface area contributed by atoms with Crippen molar-refractivity contribution in [3.05, 3.63) is 95.6 Å². The maximum atomic E-state index is 13.4. The predicted molar refractivity (Wildman–Crippen MR) is 170 cm³/mol. The summed E-state index contributed by atoms with van der Waals surface area (Å²) in [5, 5.41) is 19.2. The number of urea groups is 1. The molecule has 3 amide bonds. The van der Waals surface area contributed by atoms with Gasteiger partial charge in [-0.1, -0.05) is 47.6 Å². The summed E-state index contributed by atoms with van der Waals surface area (Å²) in [6.45, 7) is 2.34. The van der Waals surface area contributed by atoms with Gasteiger partial charge < -0.3 is 29.9 Å². The molecule has 1 saturated heterocycles. The van der Waals surface area contributed by atoms with Crippen LogP contribution in [0, 0.1) is 6.92 Å². The number of hydrogen-bond acceptors (Lipinski definition) is 9. The predicted octanol–water partition coefficient (Wildman–Crippen LogP) is 3.91. The molecule has 15 heteroatoms. The number of carbonyl (C=O) groups is 3. The first-order valence-corrected chi connectivity index (χ1v) is 16.2. The molecule has 246 valence electrons. The zero-order chi connectivity index (χ0) is 33.6. The smallest absolute Gasteiger partial charge is 0.323 e. The lowest BCUT2D eigenvalue weighted by atomic mass is 10.1. The number of carbonyl (C=O) groups excluding carboxylic acids is 2. The van der Waals surface area contributed by atoms with Crippen LogP contribution in [-0.4, -0.2) is 66.2 Å². The van der Waals surface area contributed by atoms with Crippen LogP contribution in [0.2, 0.25) is 0 Å². The number of para-hydroxylation sites is 1. The number of anilines is 2. The molecule has 4 N–H and O–H groups in total. The first-order chi connectivity index (χ1) is 22.5. The lowest BCUT2D eigenvalue weighted by molar-refractivity contribution is -0.139. The zero-order valence-electron chi connectivity index (χ0n) is 25.7. The molecule has 0 spiro atoms. The largest absolute Gasteiger partial charge is 0.495 e. The molecule has 2 heterocycles. The van der Waals surface area contributed by atoms with Gasteiger partial charge in [-0.2, -0.15) is 9.71 Å². The van der Waals surface area contributed by atoms with E-state index in [4.69, 9.17) is 9.26 Å². The Morgan fingerprint density at radius 3 is 2.49 bits per heavy atom. The molecule has 1 aliphatic rings. The first kappa shape index (κ1) is 33.1. The van der Waals surface area contributed by atoms with E-state index in [1.54, 1.807) is 35.2 Å². The van der Waals surface area contributed by atoms with Gasteiger partial charge >= 0.3 is 12.0 Å². The Balaban J connectivity index is 1.22. The number of amides is 3. The number of benzene rings is 3. The van der Waals surface area contributed by atoms with E-state index in [0.717, 1.165) is 5.56 Å². The van der Waals surface area contributed by atoms with E-state index >= 15 is 0 Å². The van der Waals surface area contributed by atoms with Crippen molar-refractivity contribution in [1.29, 1.82) is 0 Å². The lowest BCUT2D eigenvalue weighted by Gasteiger charge is -2.22. The summed E-state index contributed by atoms with van der Waals surface area (Å²) in [6, 6.07) is 17.4. The van der Waals surface area contributed by atoms with Crippen molar-refractivity contribution in [3.63, 3.8) is 0 Å². The van der Waals surface area contributed by atoms with Crippen LogP contribution in [0.5, 0.6) is 5.75 Å². The number of sulfonamides is 1. The Kier molecular flexibility index (Phi) is 10.2. The molecule has 2 unspecified atom stereocenters. The number of carboxylic acids is 1. The SMILES string of the molecule is COc1cc(CC(=O)N2CCCC2c2noc(CC(NS(=O)(=O)c3ccccc3)C(=O)O)n2)ccc1NC(=O)Nc1ccccc1C. The lowest BCUT2D eigenvalue weighted by Crippen LogP contribution is -2.42. The van der Waals surface area contributed by atoms with Crippen LogP contribution in [0.15, 0.2) is 82.2 Å². The number of hydrogen-bond donors (Lipinski definition) is 4. The average molecular weight is 663 g/mol. The molecule has 0 radical (unpaired) electrons. The number of rotatable bonds is 12. The Hall–Kier alpha value is -5.28. The second-order valence-electron chi connectivity index (χ2n) is 10.9. The average Bonchev–Trinajstić information content (AvgIpc) is 3.73. The number of nitrogens with one attached hydrogen (secondary N) is 3. The van der Waals surface area contributed by atoms with Gasteiger partial charge in [0.2, 0.25) is 21.8 Å². The minimum absolute atomic E-state index is 0.0373. The van der Waals surface area contributed by atoms with Crippen LogP contribution < -0.4 is 20.1 Å². The summed E-state index contributed by atoms with van der Waals surface area (Å²) in [5.74, 6) is -1.10. The fourth-order valence-electron chi connectivity index (χ4n) is 5.24. The number of ether oxygens (including phenoxy) is 1. The first-order valence-electron chi connectivity index (χ1n) is 14.8. The zero-order valence-corrected chi connectivity index (χ0v) is 26.5. The highest BCUT2D eigenvalue weighted by molar-refractivity contribution is 7.89. The Morgan fingerprint density at radius 1 is 1.04 bits per heavy atom. The van der Waals surface area contributed by atoms with Crippen LogP contribution in [-0.2, 0) is 32.5 Å². The van der Waals surface area contributed by atoms with Crippen molar-refractivity contribution in [2.24, 2.45) is 0 Å². The van der Waals surface area contributed by atoms with Crippen molar-refractivity contribution in [3.8, 4) is 5.75 Å². The van der Waals surface area contributed by atoms with Gasteiger partial charge in [0.05, 0.1) is 36.6 Å². The van der Waals surface area contributed by atoms with Crippen molar-refractivity contribution in [1.82, 2.24) is 19.8 Å². The molecule has 1 aromatic heterocycles. The van der Waals surface area contributed by atoms with Crippen molar-refractivity contribution in [2.75, 3.05) is 24.3 Å². The highest BCUT2D eigenvalue weighted by atomic mass is 32.2. The Bertz CT molecular complexity index is 1860. The fourth-order valence-corrected chi connectivity index (χ4v) is 6.45. The summed E-state index contributed by atoms with van der Waals surface area (Å²) in [7, 11) is -2.65. The molecule has 1 aliphatic heterocycles. The Labute approximate surface area is 271 Å². The van der Waals surface area contributed by atoms with Gasteiger partial charge in [0.15, 0.2) is 5.82 Å².